The van der Waals surface area contributed by atoms with Crippen molar-refractivity contribution in [2.45, 2.75) is 25.8 Å². The summed E-state index contributed by atoms with van der Waals surface area (Å²) in [6, 6.07) is 5.57. The number of hydrogen-bond acceptors (Lipinski definition) is 5. The van der Waals surface area contributed by atoms with E-state index in [-0.39, 0.29) is 12.0 Å². The summed E-state index contributed by atoms with van der Waals surface area (Å²) in [7, 11) is 0. The lowest BCUT2D eigenvalue weighted by Gasteiger charge is -2.14. The van der Waals surface area contributed by atoms with E-state index in [9.17, 15) is 4.79 Å². The van der Waals surface area contributed by atoms with E-state index in [1.807, 2.05) is 25.1 Å². The van der Waals surface area contributed by atoms with Crippen LogP contribution in [0.25, 0.3) is 0 Å². The second-order valence-electron chi connectivity index (χ2n) is 4.68. The molecule has 0 aliphatic heterocycles. The Hall–Kier alpha value is -1.92. The molecule has 0 spiro atoms. The maximum absolute atomic E-state index is 10.4. The normalized spacial score (nSPS) is 11.8. The molecule has 1 unspecified atom stereocenters. The highest BCUT2D eigenvalue weighted by Gasteiger charge is 2.10. The second-order valence-corrected chi connectivity index (χ2v) is 5.49. The van der Waals surface area contributed by atoms with Gasteiger partial charge in [0, 0.05) is 16.1 Å². The van der Waals surface area contributed by atoms with Gasteiger partial charge >= 0.3 is 0 Å². The second kappa shape index (κ2) is 7.91. The summed E-state index contributed by atoms with van der Waals surface area (Å²) in [4.78, 5) is 22.3. The molecule has 1 aromatic heterocycles. The highest BCUT2D eigenvalue weighted by molar-refractivity contribution is 6.35. The summed E-state index contributed by atoms with van der Waals surface area (Å²) in [5.41, 5.74) is 0.929. The van der Waals surface area contributed by atoms with E-state index in [1.54, 1.807) is 0 Å². The van der Waals surface area contributed by atoms with Crippen molar-refractivity contribution in [1.29, 1.82) is 0 Å². The average molecular weight is 340 g/mol. The Morgan fingerprint density at radius 2 is 1.91 bits per heavy atom. The molecule has 6 nitrogen and oxygen atoms in total. The maximum Gasteiger partial charge on any atom is 0.233 e. The van der Waals surface area contributed by atoms with E-state index in [1.165, 1.54) is 6.33 Å². The van der Waals surface area contributed by atoms with Gasteiger partial charge in [-0.25, -0.2) is 9.97 Å². The molecule has 0 fully saturated rings. The van der Waals surface area contributed by atoms with Gasteiger partial charge in [-0.2, -0.15) is 4.98 Å². The van der Waals surface area contributed by atoms with Gasteiger partial charge in [0.05, 0.1) is 0 Å². The van der Waals surface area contributed by atoms with Crippen molar-refractivity contribution in [3.8, 4) is 0 Å². The fourth-order valence-corrected chi connectivity index (χ4v) is 2.50. The van der Waals surface area contributed by atoms with Crippen LogP contribution in [-0.2, 0) is 11.2 Å². The van der Waals surface area contributed by atoms with Gasteiger partial charge < -0.3 is 5.32 Å². The molecule has 22 heavy (non-hydrogen) atoms. The highest BCUT2D eigenvalue weighted by Crippen LogP contribution is 2.26. The van der Waals surface area contributed by atoms with Crippen LogP contribution in [0.3, 0.4) is 0 Å². The molecule has 1 heterocycles. The lowest BCUT2D eigenvalue weighted by molar-refractivity contribution is -0.105. The first-order valence-corrected chi connectivity index (χ1v) is 7.44. The minimum atomic E-state index is 0.0961. The minimum absolute atomic E-state index is 0.0961. The quantitative estimate of drug-likeness (QED) is 0.757. The maximum atomic E-state index is 10.4. The van der Waals surface area contributed by atoms with Crippen molar-refractivity contribution in [3.05, 3.63) is 40.1 Å². The minimum Gasteiger partial charge on any atom is -0.352 e. The molecule has 0 aliphatic carbocycles. The number of nitrogens with zero attached hydrogens (tertiary/aromatic N) is 3. The zero-order valence-electron chi connectivity index (χ0n) is 11.9. The summed E-state index contributed by atoms with van der Waals surface area (Å²) in [5.74, 6) is 0.603. The standard InChI is InChI=1S/C14H15Cl2N5O/c1-9(5-6-10-11(15)3-2-4-12(10)16)20-14-18-7-17-13(21-14)19-8-22/h2-4,7-9H,5-6H2,1H3,(H2,17,18,19,20,21,22). The fourth-order valence-electron chi connectivity index (χ4n) is 1.91. The number of nitrogens with one attached hydrogen (secondary N) is 2. The first-order chi connectivity index (χ1) is 10.6. The number of halogens is 2. The van der Waals surface area contributed by atoms with Gasteiger partial charge in [0.2, 0.25) is 18.3 Å². The molecule has 1 aromatic carbocycles. The lowest BCUT2D eigenvalue weighted by Crippen LogP contribution is -2.18. The largest absolute Gasteiger partial charge is 0.352 e. The van der Waals surface area contributed by atoms with E-state index in [0.717, 1.165) is 18.4 Å². The summed E-state index contributed by atoms with van der Waals surface area (Å²) in [6.07, 6.45) is 3.38. The molecule has 8 heteroatoms. The molecule has 1 amide bonds. The van der Waals surface area contributed by atoms with Crippen molar-refractivity contribution in [2.75, 3.05) is 10.6 Å². The van der Waals surface area contributed by atoms with Crippen molar-refractivity contribution >= 4 is 41.5 Å². The number of rotatable bonds is 7. The van der Waals surface area contributed by atoms with E-state index in [4.69, 9.17) is 23.2 Å². The predicted octanol–water partition coefficient (Wildman–Crippen LogP) is 3.18. The summed E-state index contributed by atoms with van der Waals surface area (Å²) in [6.45, 7) is 2.00. The summed E-state index contributed by atoms with van der Waals surface area (Å²) in [5, 5.41) is 6.85. The van der Waals surface area contributed by atoms with Gasteiger partial charge in [0.15, 0.2) is 0 Å². The Labute approximate surface area is 138 Å². The fraction of sp³-hybridized carbons (Fsp3) is 0.286. The molecule has 2 rings (SSSR count). The van der Waals surface area contributed by atoms with E-state index in [2.05, 4.69) is 25.6 Å². The third kappa shape index (κ3) is 4.54. The van der Waals surface area contributed by atoms with Crippen molar-refractivity contribution in [3.63, 3.8) is 0 Å². The van der Waals surface area contributed by atoms with Crippen LogP contribution in [-0.4, -0.2) is 27.4 Å². The predicted molar refractivity (Wildman–Crippen MR) is 87.4 cm³/mol. The van der Waals surface area contributed by atoms with Crippen LogP contribution in [0.2, 0.25) is 10.0 Å². The zero-order valence-corrected chi connectivity index (χ0v) is 13.4. The third-order valence-electron chi connectivity index (χ3n) is 3.02. The number of aromatic nitrogens is 3. The number of carbonyl (C=O) groups excluding carboxylic acids is 1. The third-order valence-corrected chi connectivity index (χ3v) is 3.73. The van der Waals surface area contributed by atoms with Crippen LogP contribution < -0.4 is 10.6 Å². The Kier molecular flexibility index (Phi) is 5.91. The Morgan fingerprint density at radius 1 is 1.23 bits per heavy atom. The molecule has 0 saturated heterocycles. The SMILES string of the molecule is CC(CCc1c(Cl)cccc1Cl)Nc1ncnc(NC=O)n1. The molecule has 0 radical (unpaired) electrons. The average Bonchev–Trinajstić information content (AvgIpc) is 2.47. The molecule has 1 atom stereocenters. The number of anilines is 2. The first-order valence-electron chi connectivity index (χ1n) is 6.69. The highest BCUT2D eigenvalue weighted by atomic mass is 35.5. The zero-order chi connectivity index (χ0) is 15.9. The molecule has 2 aromatic rings. The Balaban J connectivity index is 1.94. The molecule has 0 saturated carbocycles. The van der Waals surface area contributed by atoms with E-state index < -0.39 is 0 Å². The summed E-state index contributed by atoms with van der Waals surface area (Å²) < 4.78 is 0. The number of amides is 1. The van der Waals surface area contributed by atoms with Crippen molar-refractivity contribution < 1.29 is 4.79 Å². The van der Waals surface area contributed by atoms with Gasteiger partial charge in [-0.05, 0) is 37.5 Å². The molecular weight excluding hydrogens is 325 g/mol. The molecule has 116 valence electrons. The van der Waals surface area contributed by atoms with Gasteiger partial charge in [-0.1, -0.05) is 29.3 Å². The van der Waals surface area contributed by atoms with Gasteiger partial charge in [0.1, 0.15) is 6.33 Å². The first kappa shape index (κ1) is 16.5. The van der Waals surface area contributed by atoms with Crippen LogP contribution in [0.1, 0.15) is 18.9 Å². The Morgan fingerprint density at radius 3 is 2.59 bits per heavy atom. The van der Waals surface area contributed by atoms with Crippen LogP contribution in [0.15, 0.2) is 24.5 Å². The number of hydrogen-bond donors (Lipinski definition) is 2. The molecule has 0 aliphatic rings. The number of benzene rings is 1. The van der Waals surface area contributed by atoms with E-state index >= 15 is 0 Å². The van der Waals surface area contributed by atoms with Crippen LogP contribution in [0.5, 0.6) is 0 Å². The summed E-state index contributed by atoms with van der Waals surface area (Å²) >= 11 is 12.3. The lowest BCUT2D eigenvalue weighted by atomic mass is 10.1. The number of carbonyl (C=O) groups is 1. The van der Waals surface area contributed by atoms with Crippen LogP contribution in [0, 0.1) is 0 Å². The van der Waals surface area contributed by atoms with Crippen molar-refractivity contribution in [1.82, 2.24) is 15.0 Å². The van der Waals surface area contributed by atoms with Gasteiger partial charge in [-0.3, -0.25) is 10.1 Å². The molecule has 0 bridgehead atoms. The molecular formula is C14H15Cl2N5O. The Bertz CT molecular complexity index is 633. The van der Waals surface area contributed by atoms with Crippen molar-refractivity contribution in [2.24, 2.45) is 0 Å². The van der Waals surface area contributed by atoms with Crippen LogP contribution >= 0.6 is 23.2 Å². The smallest absolute Gasteiger partial charge is 0.233 e. The monoisotopic (exact) mass is 339 g/mol. The molecule has 2 N–H and O–H groups in total. The van der Waals surface area contributed by atoms with Gasteiger partial charge in [-0.15, -0.1) is 0 Å². The van der Waals surface area contributed by atoms with E-state index in [0.29, 0.717) is 22.4 Å². The van der Waals surface area contributed by atoms with Gasteiger partial charge in [0.25, 0.3) is 0 Å². The van der Waals surface area contributed by atoms with Crippen LogP contribution in [0.4, 0.5) is 11.9 Å². The topological polar surface area (TPSA) is 79.8 Å².